The van der Waals surface area contributed by atoms with Crippen LogP contribution in [-0.2, 0) is 14.4 Å². The Hall–Kier alpha value is -1.23. The standard InChI is InChI=1S/C12H17NO4/c14-10-6-7-11(15)13(10,8-12(16)17)9-4-2-1-3-5-9/h9H,1-8H2/p+1. The molecule has 5 nitrogen and oxygen atoms in total. The van der Waals surface area contributed by atoms with Crippen molar-refractivity contribution in [3.05, 3.63) is 0 Å². The molecule has 94 valence electrons. The topological polar surface area (TPSA) is 71.4 Å². The number of nitrogens with zero attached hydrogens (tertiary/aromatic N) is 1. The molecule has 5 heteroatoms. The zero-order chi connectivity index (χ0) is 12.5. The van der Waals surface area contributed by atoms with Crippen LogP contribution < -0.4 is 0 Å². The highest BCUT2D eigenvalue weighted by molar-refractivity contribution is 5.94. The summed E-state index contributed by atoms with van der Waals surface area (Å²) in [6, 6.07) is -0.0950. The minimum Gasteiger partial charge on any atom is -0.477 e. The smallest absolute Gasteiger partial charge is 0.360 e. The summed E-state index contributed by atoms with van der Waals surface area (Å²) in [6.45, 7) is -0.359. The number of amides is 2. The van der Waals surface area contributed by atoms with E-state index in [1.54, 1.807) is 0 Å². The molecule has 2 aliphatic rings. The van der Waals surface area contributed by atoms with Crippen molar-refractivity contribution in [2.45, 2.75) is 51.0 Å². The quantitative estimate of drug-likeness (QED) is 0.591. The Bertz CT molecular complexity index is 342. The van der Waals surface area contributed by atoms with Crippen LogP contribution in [0.3, 0.4) is 0 Å². The van der Waals surface area contributed by atoms with E-state index >= 15 is 0 Å². The molecule has 1 aliphatic heterocycles. The molecule has 0 spiro atoms. The number of hydrogen-bond donors (Lipinski definition) is 1. The largest absolute Gasteiger partial charge is 0.477 e. The molecule has 2 fully saturated rings. The van der Waals surface area contributed by atoms with Crippen molar-refractivity contribution in [1.29, 1.82) is 0 Å². The van der Waals surface area contributed by atoms with Crippen LogP contribution in [-0.4, -0.2) is 40.0 Å². The van der Waals surface area contributed by atoms with E-state index in [1.807, 2.05) is 0 Å². The Kier molecular flexibility index (Phi) is 3.28. The summed E-state index contributed by atoms with van der Waals surface area (Å²) in [5.74, 6) is -1.44. The van der Waals surface area contributed by atoms with Gasteiger partial charge in [0.2, 0.25) is 0 Å². The fourth-order valence-corrected chi connectivity index (χ4v) is 3.20. The maximum absolute atomic E-state index is 12.0. The summed E-state index contributed by atoms with van der Waals surface area (Å²) < 4.78 is -0.407. The summed E-state index contributed by atoms with van der Waals surface area (Å²) in [6.07, 6.45) is 5.11. The molecule has 17 heavy (non-hydrogen) atoms. The molecule has 2 rings (SSSR count). The lowest BCUT2D eigenvalue weighted by atomic mass is 9.92. The predicted molar refractivity (Wildman–Crippen MR) is 58.9 cm³/mol. The third-order valence-corrected chi connectivity index (χ3v) is 4.03. The third kappa shape index (κ3) is 1.99. The summed E-state index contributed by atoms with van der Waals surface area (Å²) in [7, 11) is 0. The van der Waals surface area contributed by atoms with Crippen LogP contribution in [0.5, 0.6) is 0 Å². The third-order valence-electron chi connectivity index (χ3n) is 4.03. The lowest BCUT2D eigenvalue weighted by molar-refractivity contribution is -0.795. The maximum atomic E-state index is 12.0. The molecule has 0 aromatic carbocycles. The van der Waals surface area contributed by atoms with Gasteiger partial charge in [0.05, 0.1) is 12.8 Å². The molecule has 1 saturated heterocycles. The second kappa shape index (κ2) is 4.56. The average molecular weight is 240 g/mol. The zero-order valence-electron chi connectivity index (χ0n) is 9.85. The molecule has 0 bridgehead atoms. The molecule has 2 amide bonds. The molecule has 1 heterocycles. The molecule has 1 saturated carbocycles. The van der Waals surface area contributed by atoms with Crippen molar-refractivity contribution in [2.75, 3.05) is 6.54 Å². The number of hydrogen-bond acceptors (Lipinski definition) is 3. The highest BCUT2D eigenvalue weighted by atomic mass is 16.4. The first-order chi connectivity index (χ1) is 8.07. The van der Waals surface area contributed by atoms with E-state index in [-0.39, 0.29) is 37.2 Å². The van der Waals surface area contributed by atoms with Crippen molar-refractivity contribution in [3.63, 3.8) is 0 Å². The van der Waals surface area contributed by atoms with Gasteiger partial charge in [-0.05, 0) is 12.8 Å². The van der Waals surface area contributed by atoms with Gasteiger partial charge in [0.15, 0.2) is 6.54 Å². The van der Waals surface area contributed by atoms with E-state index in [0.717, 1.165) is 32.1 Å². The van der Waals surface area contributed by atoms with E-state index in [4.69, 9.17) is 5.11 Å². The fraction of sp³-hybridized carbons (Fsp3) is 0.750. The van der Waals surface area contributed by atoms with Crippen LogP contribution in [0.4, 0.5) is 0 Å². The normalized spacial score (nSPS) is 25.2. The minimum atomic E-state index is -1.06. The van der Waals surface area contributed by atoms with Crippen molar-refractivity contribution < 1.29 is 24.0 Å². The number of carbonyl (C=O) groups excluding carboxylic acids is 2. The number of carbonyl (C=O) groups is 3. The van der Waals surface area contributed by atoms with Crippen LogP contribution in [0.25, 0.3) is 0 Å². The maximum Gasteiger partial charge on any atom is 0.360 e. The molecule has 0 aromatic rings. The second-order valence-corrected chi connectivity index (χ2v) is 5.00. The molecule has 1 N–H and O–H groups in total. The SMILES string of the molecule is O=C(O)C[N+]1(C2CCCCC2)C(=O)CCC1=O. The van der Waals surface area contributed by atoms with E-state index < -0.39 is 10.5 Å². The first-order valence-corrected chi connectivity index (χ1v) is 6.23. The van der Waals surface area contributed by atoms with E-state index in [2.05, 4.69) is 0 Å². The highest BCUT2D eigenvalue weighted by Crippen LogP contribution is 2.34. The molecule has 0 aromatic heterocycles. The Morgan fingerprint density at radius 3 is 2.12 bits per heavy atom. The number of rotatable bonds is 3. The number of carboxylic acid groups (broad SMARTS) is 1. The number of quaternary nitrogens is 1. The molecule has 0 atom stereocenters. The van der Waals surface area contributed by atoms with E-state index in [0.29, 0.717) is 0 Å². The van der Waals surface area contributed by atoms with Crippen LogP contribution in [0.15, 0.2) is 0 Å². The van der Waals surface area contributed by atoms with Gasteiger partial charge in [0.1, 0.15) is 6.04 Å². The van der Waals surface area contributed by atoms with Crippen molar-refractivity contribution in [1.82, 2.24) is 0 Å². The summed E-state index contributed by atoms with van der Waals surface area (Å²) in [5, 5.41) is 8.99. The predicted octanol–water partition coefficient (Wildman–Crippen LogP) is 1.07. The van der Waals surface area contributed by atoms with Gasteiger partial charge in [-0.15, -0.1) is 0 Å². The van der Waals surface area contributed by atoms with Gasteiger partial charge in [-0.25, -0.2) is 14.4 Å². The van der Waals surface area contributed by atoms with Gasteiger partial charge >= 0.3 is 17.8 Å². The number of carboxylic acids is 1. The van der Waals surface area contributed by atoms with Crippen LogP contribution in [0, 0.1) is 0 Å². The van der Waals surface area contributed by atoms with Crippen LogP contribution >= 0.6 is 0 Å². The van der Waals surface area contributed by atoms with Crippen molar-refractivity contribution in [3.8, 4) is 0 Å². The lowest BCUT2D eigenvalue weighted by Gasteiger charge is -2.37. The Morgan fingerprint density at radius 2 is 1.65 bits per heavy atom. The van der Waals surface area contributed by atoms with Gasteiger partial charge < -0.3 is 5.11 Å². The summed E-state index contributed by atoms with van der Waals surface area (Å²) >= 11 is 0. The van der Waals surface area contributed by atoms with Gasteiger partial charge in [0, 0.05) is 12.8 Å². The molecular formula is C12H18NO4+. The number of imide groups is 1. The number of aliphatic carboxylic acids is 1. The summed E-state index contributed by atoms with van der Waals surface area (Å²) in [4.78, 5) is 35.0. The zero-order valence-corrected chi connectivity index (χ0v) is 9.85. The molecular weight excluding hydrogens is 222 g/mol. The average Bonchev–Trinajstić information content (AvgIpc) is 2.59. The van der Waals surface area contributed by atoms with Gasteiger partial charge in [-0.3, -0.25) is 0 Å². The van der Waals surface area contributed by atoms with Crippen molar-refractivity contribution in [2.24, 2.45) is 0 Å². The van der Waals surface area contributed by atoms with Gasteiger partial charge in [0.25, 0.3) is 0 Å². The van der Waals surface area contributed by atoms with E-state index in [9.17, 15) is 14.4 Å². The monoisotopic (exact) mass is 240 g/mol. The molecule has 1 aliphatic carbocycles. The first-order valence-electron chi connectivity index (χ1n) is 6.23. The van der Waals surface area contributed by atoms with Crippen LogP contribution in [0.2, 0.25) is 0 Å². The van der Waals surface area contributed by atoms with E-state index in [1.165, 1.54) is 0 Å². The molecule has 0 unspecified atom stereocenters. The summed E-state index contributed by atoms with van der Waals surface area (Å²) in [5.41, 5.74) is 0. The minimum absolute atomic E-state index is 0.0950. The number of likely N-dealkylation sites (tertiary alicyclic amines) is 1. The lowest BCUT2D eigenvalue weighted by Crippen LogP contribution is -2.61. The van der Waals surface area contributed by atoms with Gasteiger partial charge in [-0.1, -0.05) is 6.42 Å². The Morgan fingerprint density at radius 1 is 1.12 bits per heavy atom. The first kappa shape index (κ1) is 12.2. The van der Waals surface area contributed by atoms with Gasteiger partial charge in [-0.2, -0.15) is 4.48 Å². The Labute approximate surface area is 100.0 Å². The Balaban J connectivity index is 2.31. The fourth-order valence-electron chi connectivity index (χ4n) is 3.20. The highest BCUT2D eigenvalue weighted by Gasteiger charge is 2.55. The van der Waals surface area contributed by atoms with Crippen molar-refractivity contribution >= 4 is 17.8 Å². The second-order valence-electron chi connectivity index (χ2n) is 5.00. The molecule has 0 radical (unpaired) electrons. The van der Waals surface area contributed by atoms with Crippen LogP contribution in [0.1, 0.15) is 44.9 Å².